The fourth-order valence-electron chi connectivity index (χ4n) is 9.60. The molecule has 0 bridgehead atoms. The van der Waals surface area contributed by atoms with Crippen molar-refractivity contribution in [1.29, 1.82) is 0 Å². The highest BCUT2D eigenvalue weighted by Gasteiger charge is 2.23. The molecule has 83 heavy (non-hydrogen) atoms. The van der Waals surface area contributed by atoms with E-state index in [0.717, 1.165) is 116 Å². The van der Waals surface area contributed by atoms with Gasteiger partial charge in [-0.15, -0.1) is 0 Å². The first-order chi connectivity index (χ1) is 40.5. The van der Waals surface area contributed by atoms with Crippen LogP contribution in [0.3, 0.4) is 0 Å². The standard InChI is InChI=1S/C74H131N2O6P/c1-6-8-10-12-14-16-18-20-22-24-26-28-30-32-34-36-38-40-42-44-46-48-50-52-54-56-58-60-62-64-66-68-74(78)75-72(71-82-83(79,80)81-70-69-76(3,4)5)73(77)67-65-63-61-59-57-55-53-51-49-47-45-43-41-39-37-35-33-31-29-27-25-23-21-19-17-15-13-11-9-7-2/h8,10,14,16,20,22,26,28,32,34,38,40,44,46,50,52,57,59,65,67,72-73,77H,6-7,9,11-13,15,17-19,21,23-25,27,29-31,33,35-37,39,41-43,45,47-49,51,53-56,58,60-64,66,68-71H2,1-5H3,(H-,75,78,79,80)/b10-8-,16-14-,22-20-,28-26-,34-32-,40-38-,46-44-,52-50-,59-57+,67-65+. The van der Waals surface area contributed by atoms with Crippen LogP contribution in [0.4, 0.5) is 0 Å². The van der Waals surface area contributed by atoms with Crippen LogP contribution >= 0.6 is 7.82 Å². The van der Waals surface area contributed by atoms with Crippen molar-refractivity contribution in [1.82, 2.24) is 5.32 Å². The van der Waals surface area contributed by atoms with Gasteiger partial charge in [0.25, 0.3) is 7.82 Å². The van der Waals surface area contributed by atoms with Crippen molar-refractivity contribution < 1.29 is 32.9 Å². The highest BCUT2D eigenvalue weighted by atomic mass is 31.2. The minimum absolute atomic E-state index is 0.0158. The van der Waals surface area contributed by atoms with Crippen LogP contribution in [0.25, 0.3) is 0 Å². The zero-order valence-electron chi connectivity index (χ0n) is 54.6. The topological polar surface area (TPSA) is 108 Å². The fourth-order valence-corrected chi connectivity index (χ4v) is 10.3. The molecule has 0 fully saturated rings. The number of hydrogen-bond acceptors (Lipinski definition) is 6. The van der Waals surface area contributed by atoms with Gasteiger partial charge in [0.15, 0.2) is 0 Å². The summed E-state index contributed by atoms with van der Waals surface area (Å²) in [4.78, 5) is 25.6. The molecule has 9 heteroatoms. The molecule has 0 aromatic heterocycles. The molecule has 0 aromatic carbocycles. The number of hydrogen-bond donors (Lipinski definition) is 2. The number of phosphoric acid groups is 1. The lowest BCUT2D eigenvalue weighted by molar-refractivity contribution is -0.870. The van der Waals surface area contributed by atoms with E-state index in [9.17, 15) is 19.4 Å². The van der Waals surface area contributed by atoms with Crippen molar-refractivity contribution in [3.63, 3.8) is 0 Å². The van der Waals surface area contributed by atoms with Gasteiger partial charge in [0.1, 0.15) is 13.2 Å². The Morgan fingerprint density at radius 3 is 1.12 bits per heavy atom. The van der Waals surface area contributed by atoms with Gasteiger partial charge >= 0.3 is 0 Å². The summed E-state index contributed by atoms with van der Waals surface area (Å²) in [5, 5.41) is 13.9. The Morgan fingerprint density at radius 1 is 0.434 bits per heavy atom. The van der Waals surface area contributed by atoms with E-state index in [1.807, 2.05) is 27.2 Å². The summed E-state index contributed by atoms with van der Waals surface area (Å²) in [5.41, 5.74) is 0. The summed E-state index contributed by atoms with van der Waals surface area (Å²) < 4.78 is 23.4. The lowest BCUT2D eigenvalue weighted by atomic mass is 10.0. The monoisotopic (exact) mass is 1170 g/mol. The first-order valence-corrected chi connectivity index (χ1v) is 35.9. The highest BCUT2D eigenvalue weighted by molar-refractivity contribution is 7.45. The van der Waals surface area contributed by atoms with Crippen molar-refractivity contribution in [3.05, 3.63) is 122 Å². The zero-order chi connectivity index (χ0) is 60.5. The number of rotatable bonds is 62. The number of carbonyl (C=O) groups excluding carboxylic acids is 1. The Kier molecular flexibility index (Phi) is 61.0. The normalized spacial score (nSPS) is 14.4. The van der Waals surface area contributed by atoms with Crippen LogP contribution in [0.1, 0.15) is 290 Å². The molecule has 1 amide bonds. The molecule has 3 atom stereocenters. The van der Waals surface area contributed by atoms with Crippen LogP contribution in [0, 0.1) is 0 Å². The third-order valence-corrected chi connectivity index (χ3v) is 15.9. The molecule has 0 aliphatic rings. The van der Waals surface area contributed by atoms with Crippen LogP contribution in [0.2, 0.25) is 0 Å². The smallest absolute Gasteiger partial charge is 0.268 e. The number of carbonyl (C=O) groups is 1. The van der Waals surface area contributed by atoms with E-state index in [1.54, 1.807) is 6.08 Å². The summed E-state index contributed by atoms with van der Waals surface area (Å²) in [6, 6.07) is -0.923. The van der Waals surface area contributed by atoms with Gasteiger partial charge in [-0.25, -0.2) is 0 Å². The van der Waals surface area contributed by atoms with E-state index < -0.39 is 26.6 Å². The Morgan fingerprint density at radius 2 is 0.747 bits per heavy atom. The second-order valence-electron chi connectivity index (χ2n) is 24.1. The van der Waals surface area contributed by atoms with E-state index in [1.165, 1.54) is 154 Å². The highest BCUT2D eigenvalue weighted by Crippen LogP contribution is 2.38. The van der Waals surface area contributed by atoms with E-state index in [2.05, 4.69) is 129 Å². The van der Waals surface area contributed by atoms with Crippen LogP contribution in [0.15, 0.2) is 122 Å². The van der Waals surface area contributed by atoms with Gasteiger partial charge in [-0.1, -0.05) is 309 Å². The van der Waals surface area contributed by atoms with E-state index in [4.69, 9.17) is 9.05 Å². The molecule has 0 aliphatic carbocycles. The number of nitrogens with zero attached hydrogens (tertiary/aromatic N) is 1. The molecular formula is C74H131N2O6P. The van der Waals surface area contributed by atoms with Crippen LogP contribution in [-0.4, -0.2) is 68.5 Å². The Bertz CT molecular complexity index is 1770. The number of allylic oxidation sites excluding steroid dienone is 19. The fraction of sp³-hybridized carbons (Fsp3) is 0.716. The molecule has 0 heterocycles. The van der Waals surface area contributed by atoms with E-state index in [-0.39, 0.29) is 12.5 Å². The maximum Gasteiger partial charge on any atom is 0.268 e. The molecule has 478 valence electrons. The second kappa shape index (κ2) is 63.4. The van der Waals surface area contributed by atoms with Gasteiger partial charge in [-0.05, 0) is 96.3 Å². The van der Waals surface area contributed by atoms with Crippen molar-refractivity contribution >= 4 is 13.7 Å². The Balaban J connectivity index is 4.21. The predicted molar refractivity (Wildman–Crippen MR) is 362 cm³/mol. The van der Waals surface area contributed by atoms with E-state index >= 15 is 0 Å². The van der Waals surface area contributed by atoms with Gasteiger partial charge < -0.3 is 28.8 Å². The first-order valence-electron chi connectivity index (χ1n) is 34.4. The number of unbranched alkanes of at least 4 members (excludes halogenated alkanes) is 31. The molecule has 3 unspecified atom stereocenters. The summed E-state index contributed by atoms with van der Waals surface area (Å²) in [6.07, 6.45) is 94.6. The van der Waals surface area contributed by atoms with E-state index in [0.29, 0.717) is 17.4 Å². The molecular weight excluding hydrogens is 1040 g/mol. The SMILES string of the molecule is CC/C=C\C/C=C\C/C=C\C/C=C\C/C=C\C/C=C\C/C=C\C/C=C\CCCCCCCCC(=O)NC(COP(=O)([O-])OCC[N+](C)(C)C)C(O)/C=C/CC/C=C/CCCCCCCCCCCCCCCCCCCCCCCCCC. The van der Waals surface area contributed by atoms with Gasteiger partial charge in [-0.2, -0.15) is 0 Å². The summed E-state index contributed by atoms with van der Waals surface area (Å²) in [5.74, 6) is -0.224. The van der Waals surface area contributed by atoms with Gasteiger partial charge in [0, 0.05) is 6.42 Å². The maximum atomic E-state index is 13.0. The van der Waals surface area contributed by atoms with Crippen molar-refractivity contribution in [3.8, 4) is 0 Å². The molecule has 0 spiro atoms. The first kappa shape index (κ1) is 79.9. The average Bonchev–Trinajstić information content (AvgIpc) is 3.49. The number of quaternary nitrogens is 1. The van der Waals surface area contributed by atoms with Crippen molar-refractivity contribution in [2.24, 2.45) is 0 Å². The largest absolute Gasteiger partial charge is 0.756 e. The van der Waals surface area contributed by atoms with Gasteiger partial charge in [-0.3, -0.25) is 9.36 Å². The quantitative estimate of drug-likeness (QED) is 0.0272. The predicted octanol–water partition coefficient (Wildman–Crippen LogP) is 21.4. The third-order valence-electron chi connectivity index (χ3n) is 14.9. The molecule has 0 aliphatic heterocycles. The summed E-state index contributed by atoms with van der Waals surface area (Å²) in [6.45, 7) is 4.52. The number of aliphatic hydroxyl groups excluding tert-OH is 1. The van der Waals surface area contributed by atoms with Crippen molar-refractivity contribution in [2.45, 2.75) is 302 Å². The molecule has 2 N–H and O–H groups in total. The van der Waals surface area contributed by atoms with Crippen LogP contribution in [0.5, 0.6) is 0 Å². The molecule has 8 nitrogen and oxygen atoms in total. The summed E-state index contributed by atoms with van der Waals surface area (Å²) in [7, 11) is 1.22. The summed E-state index contributed by atoms with van der Waals surface area (Å²) >= 11 is 0. The Labute approximate surface area is 514 Å². The van der Waals surface area contributed by atoms with Crippen molar-refractivity contribution in [2.75, 3.05) is 40.9 Å². The molecule has 0 aromatic rings. The molecule has 0 rings (SSSR count). The minimum Gasteiger partial charge on any atom is -0.756 e. The zero-order valence-corrected chi connectivity index (χ0v) is 55.5. The number of likely N-dealkylation sites (N-methyl/N-ethyl adjacent to an activating group) is 1. The number of aliphatic hydroxyl groups is 1. The van der Waals surface area contributed by atoms with Gasteiger partial charge in [0.05, 0.1) is 39.9 Å². The Hall–Kier alpha value is -3.10. The average molecular weight is 1180 g/mol. The van der Waals surface area contributed by atoms with Crippen LogP contribution < -0.4 is 10.2 Å². The maximum absolute atomic E-state index is 13.0. The number of amides is 1. The third kappa shape index (κ3) is 66.3. The lowest BCUT2D eigenvalue weighted by Gasteiger charge is -2.29. The number of nitrogens with one attached hydrogen (secondary N) is 1. The second-order valence-corrected chi connectivity index (χ2v) is 25.6. The number of phosphoric ester groups is 1. The molecule has 0 radical (unpaired) electrons. The van der Waals surface area contributed by atoms with Crippen LogP contribution in [-0.2, 0) is 18.4 Å². The van der Waals surface area contributed by atoms with Gasteiger partial charge in [0.2, 0.25) is 5.91 Å². The minimum atomic E-state index is -4.63. The molecule has 0 saturated carbocycles. The lowest BCUT2D eigenvalue weighted by Crippen LogP contribution is -2.45. The molecule has 0 saturated heterocycles.